The van der Waals surface area contributed by atoms with Gasteiger partial charge in [0.15, 0.2) is 0 Å². The third-order valence-corrected chi connectivity index (χ3v) is 6.81. The van der Waals surface area contributed by atoms with Gasteiger partial charge in [0, 0.05) is 58.4 Å². The van der Waals surface area contributed by atoms with Crippen LogP contribution in [0, 0.1) is 25.2 Å². The lowest BCUT2D eigenvalue weighted by atomic mass is 9.80. The molecule has 2 fully saturated rings. The normalized spacial score (nSPS) is 23.0. The Labute approximate surface area is 184 Å². The van der Waals surface area contributed by atoms with E-state index in [0.717, 1.165) is 24.3 Å². The maximum Gasteiger partial charge on any atom is 0.321 e. The quantitative estimate of drug-likeness (QED) is 0.825. The molecule has 6 heteroatoms. The van der Waals surface area contributed by atoms with Crippen molar-refractivity contribution < 1.29 is 9.59 Å². The maximum absolute atomic E-state index is 13.3. The first-order valence-electron chi connectivity index (χ1n) is 10.9. The highest BCUT2D eigenvalue weighted by molar-refractivity contribution is 5.91. The molecule has 0 bridgehead atoms. The van der Waals surface area contributed by atoms with Gasteiger partial charge >= 0.3 is 6.03 Å². The van der Waals surface area contributed by atoms with Crippen LogP contribution in [-0.4, -0.2) is 66.9 Å². The van der Waals surface area contributed by atoms with Gasteiger partial charge in [-0.05, 0) is 42.7 Å². The van der Waals surface area contributed by atoms with Gasteiger partial charge in [-0.1, -0.05) is 36.4 Å². The molecule has 2 aliphatic heterocycles. The summed E-state index contributed by atoms with van der Waals surface area (Å²) in [6, 6.07) is 16.2. The van der Waals surface area contributed by atoms with Crippen molar-refractivity contribution >= 4 is 17.6 Å². The van der Waals surface area contributed by atoms with E-state index >= 15 is 0 Å². The van der Waals surface area contributed by atoms with Crippen molar-refractivity contribution in [3.8, 4) is 0 Å². The molecule has 2 aliphatic rings. The summed E-state index contributed by atoms with van der Waals surface area (Å²) in [6.45, 7) is 7.48. The topological polar surface area (TPSA) is 55.9 Å². The van der Waals surface area contributed by atoms with Crippen molar-refractivity contribution in [2.75, 3.05) is 45.6 Å². The third kappa shape index (κ3) is 4.17. The Bertz CT molecular complexity index is 975. The number of fused-ring (bicyclic) bond motifs is 1. The van der Waals surface area contributed by atoms with Crippen LogP contribution in [0.15, 0.2) is 48.5 Å². The molecule has 2 aromatic rings. The van der Waals surface area contributed by atoms with E-state index in [4.69, 9.17) is 0 Å². The SMILES string of the molecule is Cc1ccc(NC(=O)N2C[C@@H]3CN(Cc4ccccc4)C[C@]3(C(=O)N(C)C)C2)cc1C. The number of hydrogen-bond donors (Lipinski definition) is 1. The molecule has 0 spiro atoms. The van der Waals surface area contributed by atoms with Gasteiger partial charge in [-0.3, -0.25) is 9.69 Å². The summed E-state index contributed by atoms with van der Waals surface area (Å²) in [5, 5.41) is 3.03. The molecule has 2 heterocycles. The number of amides is 3. The van der Waals surface area contributed by atoms with Crippen LogP contribution in [0.5, 0.6) is 0 Å². The molecule has 0 saturated carbocycles. The Morgan fingerprint density at radius 3 is 2.45 bits per heavy atom. The van der Waals surface area contributed by atoms with Crippen LogP contribution < -0.4 is 5.32 Å². The molecule has 6 nitrogen and oxygen atoms in total. The largest absolute Gasteiger partial charge is 0.348 e. The summed E-state index contributed by atoms with van der Waals surface area (Å²) >= 11 is 0. The zero-order valence-electron chi connectivity index (χ0n) is 18.9. The number of anilines is 1. The van der Waals surface area contributed by atoms with Crippen LogP contribution >= 0.6 is 0 Å². The van der Waals surface area contributed by atoms with E-state index in [9.17, 15) is 9.59 Å². The summed E-state index contributed by atoms with van der Waals surface area (Å²) in [4.78, 5) is 32.2. The van der Waals surface area contributed by atoms with Crippen LogP contribution in [0.4, 0.5) is 10.5 Å². The van der Waals surface area contributed by atoms with E-state index in [-0.39, 0.29) is 17.9 Å². The number of rotatable bonds is 4. The summed E-state index contributed by atoms with van der Waals surface area (Å²) < 4.78 is 0. The highest BCUT2D eigenvalue weighted by atomic mass is 16.2. The average Bonchev–Trinajstić information content (AvgIpc) is 3.25. The predicted molar refractivity (Wildman–Crippen MR) is 123 cm³/mol. The summed E-state index contributed by atoms with van der Waals surface area (Å²) in [5.41, 5.74) is 3.84. The van der Waals surface area contributed by atoms with Gasteiger partial charge in [-0.15, -0.1) is 0 Å². The first-order valence-corrected chi connectivity index (χ1v) is 10.9. The number of carbonyl (C=O) groups excluding carboxylic acids is 2. The minimum absolute atomic E-state index is 0.120. The molecule has 0 unspecified atom stereocenters. The lowest BCUT2D eigenvalue weighted by Crippen LogP contribution is -2.47. The molecule has 1 N–H and O–H groups in total. The molecule has 4 rings (SSSR count). The molecule has 164 valence electrons. The van der Waals surface area contributed by atoms with E-state index in [0.29, 0.717) is 19.6 Å². The van der Waals surface area contributed by atoms with Crippen LogP contribution in [0.25, 0.3) is 0 Å². The van der Waals surface area contributed by atoms with Crippen molar-refractivity contribution in [1.82, 2.24) is 14.7 Å². The number of carbonyl (C=O) groups is 2. The van der Waals surface area contributed by atoms with E-state index < -0.39 is 5.41 Å². The van der Waals surface area contributed by atoms with E-state index in [1.54, 1.807) is 4.90 Å². The second-order valence-electron chi connectivity index (χ2n) is 9.32. The fourth-order valence-electron chi connectivity index (χ4n) is 5.06. The van der Waals surface area contributed by atoms with Gasteiger partial charge in [0.05, 0.1) is 5.41 Å². The highest BCUT2D eigenvalue weighted by Crippen LogP contribution is 2.44. The zero-order valence-corrected chi connectivity index (χ0v) is 18.9. The van der Waals surface area contributed by atoms with Crippen LogP contribution in [0.3, 0.4) is 0 Å². The molecular weight excluding hydrogens is 388 g/mol. The minimum Gasteiger partial charge on any atom is -0.348 e. The lowest BCUT2D eigenvalue weighted by molar-refractivity contribution is -0.139. The molecule has 2 saturated heterocycles. The smallest absolute Gasteiger partial charge is 0.321 e. The number of aryl methyl sites for hydroxylation is 2. The molecule has 31 heavy (non-hydrogen) atoms. The van der Waals surface area contributed by atoms with Gasteiger partial charge in [-0.2, -0.15) is 0 Å². The summed E-state index contributed by atoms with van der Waals surface area (Å²) in [6.07, 6.45) is 0. The Hall–Kier alpha value is -2.86. The number of likely N-dealkylation sites (tertiary alicyclic amines) is 2. The van der Waals surface area contributed by atoms with Crippen molar-refractivity contribution in [3.05, 3.63) is 65.2 Å². The molecule has 3 amide bonds. The predicted octanol–water partition coefficient (Wildman–Crippen LogP) is 3.36. The zero-order chi connectivity index (χ0) is 22.2. The maximum atomic E-state index is 13.3. The first kappa shape index (κ1) is 21.4. The van der Waals surface area contributed by atoms with Crippen molar-refractivity contribution in [1.29, 1.82) is 0 Å². The number of benzene rings is 2. The van der Waals surface area contributed by atoms with Crippen molar-refractivity contribution in [2.24, 2.45) is 11.3 Å². The van der Waals surface area contributed by atoms with Gasteiger partial charge in [0.1, 0.15) is 0 Å². The van der Waals surface area contributed by atoms with Gasteiger partial charge in [0.25, 0.3) is 0 Å². The molecule has 2 aromatic carbocycles. The van der Waals surface area contributed by atoms with Crippen molar-refractivity contribution in [3.63, 3.8) is 0 Å². The molecule has 0 aromatic heterocycles. The molecule has 0 aliphatic carbocycles. The lowest BCUT2D eigenvalue weighted by Gasteiger charge is -2.31. The van der Waals surface area contributed by atoms with Gasteiger partial charge in [-0.25, -0.2) is 4.79 Å². The molecule has 0 radical (unpaired) electrons. The first-order chi connectivity index (χ1) is 14.8. The third-order valence-electron chi connectivity index (χ3n) is 6.81. The number of urea groups is 1. The van der Waals surface area contributed by atoms with Crippen LogP contribution in [0.2, 0.25) is 0 Å². The molecule has 2 atom stereocenters. The van der Waals surface area contributed by atoms with Gasteiger partial charge in [0.2, 0.25) is 5.91 Å². The molecular formula is C25H32N4O2. The Morgan fingerprint density at radius 1 is 1.03 bits per heavy atom. The van der Waals surface area contributed by atoms with E-state index in [1.165, 1.54) is 11.1 Å². The Balaban J connectivity index is 1.49. The standard InChI is InChI=1S/C25H32N4O2/c1-18-10-11-22(12-19(18)2)26-24(31)29-15-21-14-28(13-20-8-6-5-7-9-20)16-25(21,17-29)23(30)27(3)4/h5-12,21H,13-17H2,1-4H3,(H,26,31)/t21-,25-/m0/s1. The fraction of sp³-hybridized carbons (Fsp3) is 0.440. The summed E-state index contributed by atoms with van der Waals surface area (Å²) in [7, 11) is 3.62. The van der Waals surface area contributed by atoms with E-state index in [2.05, 4.69) is 29.3 Å². The van der Waals surface area contributed by atoms with Gasteiger partial charge < -0.3 is 15.1 Å². The second-order valence-corrected chi connectivity index (χ2v) is 9.32. The summed E-state index contributed by atoms with van der Waals surface area (Å²) in [5.74, 6) is 0.256. The Morgan fingerprint density at radius 2 is 1.77 bits per heavy atom. The van der Waals surface area contributed by atoms with Crippen LogP contribution in [-0.2, 0) is 11.3 Å². The van der Waals surface area contributed by atoms with Crippen LogP contribution in [0.1, 0.15) is 16.7 Å². The highest BCUT2D eigenvalue weighted by Gasteiger charge is 2.58. The monoisotopic (exact) mass is 420 g/mol. The second kappa shape index (κ2) is 8.35. The number of hydrogen-bond acceptors (Lipinski definition) is 3. The Kier molecular flexibility index (Phi) is 5.75. The van der Waals surface area contributed by atoms with Crippen molar-refractivity contribution in [2.45, 2.75) is 20.4 Å². The average molecular weight is 421 g/mol. The van der Waals surface area contributed by atoms with E-state index in [1.807, 2.05) is 62.3 Å². The number of nitrogens with one attached hydrogen (secondary N) is 1. The fourth-order valence-corrected chi connectivity index (χ4v) is 5.06. The minimum atomic E-state index is -0.543. The number of nitrogens with zero attached hydrogens (tertiary/aromatic N) is 3.